The Kier molecular flexibility index (Phi) is 24.9. The Hall–Kier alpha value is -5.63. The zero-order valence-electron chi connectivity index (χ0n) is 46.5. The standard InChI is InChI=1S/C55H88N8O11/c1-16-34(8)47(42(72-14)29-43(64)63-28-20-23-41(63)49(73-15)35(9)50(66)57-36(10)48(65)39-21-18-17-19-22-39)61(12)54(70)45(32(4)5)60-53(69)46(33(6)7)62(13)55(71)74-30-38-24-26-40(27-25-38)59-51(67)37(11)58-52(68)44(56)31(2)3/h17-19,21-22,24-27,31-37,41-42,44-49,65H,16,20,23,28-30,56H2,1-15H3,(H,57,66)(H,58,68)(H,59,67)(H,60,69)/t34-,35+,36+,37-,41-,42+,44-,45-,46?,47-,48+,49+/m0/s1. The topological polar surface area (TPSA) is 251 Å². The van der Waals surface area contributed by atoms with Crippen LogP contribution in [-0.2, 0) is 49.6 Å². The summed E-state index contributed by atoms with van der Waals surface area (Å²) in [4.78, 5) is 100.0. The Morgan fingerprint density at radius 2 is 1.38 bits per heavy atom. The predicted molar refractivity (Wildman–Crippen MR) is 284 cm³/mol. The number of hydrogen-bond donors (Lipinski definition) is 6. The average molecular weight is 1040 g/mol. The Balaban J connectivity index is 1.69. The number of rotatable bonds is 27. The number of nitrogens with one attached hydrogen (secondary N) is 4. The van der Waals surface area contributed by atoms with Gasteiger partial charge in [0.25, 0.3) is 0 Å². The molecular weight excluding hydrogens is 949 g/mol. The number of methoxy groups -OCH3 is 2. The fraction of sp³-hybridized carbons (Fsp3) is 0.655. The molecule has 0 aliphatic carbocycles. The smallest absolute Gasteiger partial charge is 0.410 e. The zero-order valence-corrected chi connectivity index (χ0v) is 46.5. The van der Waals surface area contributed by atoms with Crippen molar-refractivity contribution in [1.82, 2.24) is 30.7 Å². The van der Waals surface area contributed by atoms with Crippen molar-refractivity contribution in [3.8, 4) is 0 Å². The van der Waals surface area contributed by atoms with Crippen molar-refractivity contribution in [2.24, 2.45) is 35.3 Å². The maximum absolute atomic E-state index is 14.7. The summed E-state index contributed by atoms with van der Waals surface area (Å²) >= 11 is 0. The number of aliphatic hydroxyl groups excluding tert-OH is 1. The van der Waals surface area contributed by atoms with Crippen LogP contribution < -0.4 is 27.0 Å². The van der Waals surface area contributed by atoms with Gasteiger partial charge in [-0.1, -0.05) is 111 Å². The molecule has 0 aromatic heterocycles. The highest BCUT2D eigenvalue weighted by atomic mass is 16.6. The van der Waals surface area contributed by atoms with E-state index >= 15 is 0 Å². The van der Waals surface area contributed by atoms with E-state index in [4.69, 9.17) is 19.9 Å². The van der Waals surface area contributed by atoms with E-state index < -0.39 is 90.3 Å². The van der Waals surface area contributed by atoms with Gasteiger partial charge < -0.3 is 56.1 Å². The second-order valence-electron chi connectivity index (χ2n) is 21.0. The van der Waals surface area contributed by atoms with Crippen molar-refractivity contribution in [3.63, 3.8) is 0 Å². The number of anilines is 1. The van der Waals surface area contributed by atoms with Crippen LogP contribution in [0.4, 0.5) is 10.5 Å². The highest BCUT2D eigenvalue weighted by Crippen LogP contribution is 2.30. The maximum Gasteiger partial charge on any atom is 0.410 e. The average Bonchev–Trinajstić information content (AvgIpc) is 3.86. The molecule has 1 fully saturated rings. The number of nitrogens with zero attached hydrogens (tertiary/aromatic N) is 3. The van der Waals surface area contributed by atoms with Gasteiger partial charge in [0.1, 0.15) is 24.7 Å². The third-order valence-corrected chi connectivity index (χ3v) is 14.4. The number of likely N-dealkylation sites (tertiary alicyclic amines) is 1. The first-order valence-corrected chi connectivity index (χ1v) is 26.1. The number of hydrogen-bond acceptors (Lipinski definition) is 12. The SMILES string of the molecule is CC[C@H](C)[C@@H]([C@@H](CC(=O)N1CCC[C@H]1[C@H](OC)[C@@H](C)C(=O)N[C@H](C)[C@@H](O)c1ccccc1)OC)N(C)C(=O)[C@@H](NC(=O)C(C(C)C)N(C)C(=O)OCc1ccc(NC(=O)[C@H](C)NC(=O)[C@@H](N)C(C)C)cc1)C(C)C. The van der Waals surface area contributed by atoms with E-state index in [2.05, 4.69) is 21.3 Å². The number of carbonyl (C=O) groups is 7. The van der Waals surface area contributed by atoms with Crippen LogP contribution >= 0.6 is 0 Å². The number of aliphatic hydroxyl groups is 1. The highest BCUT2D eigenvalue weighted by molar-refractivity contribution is 5.97. The van der Waals surface area contributed by atoms with Crippen LogP contribution in [-0.4, -0.2) is 151 Å². The molecule has 414 valence electrons. The molecular formula is C55H88N8O11. The van der Waals surface area contributed by atoms with E-state index in [1.54, 1.807) is 87.9 Å². The Morgan fingerprint density at radius 3 is 1.92 bits per heavy atom. The first kappa shape index (κ1) is 62.7. The van der Waals surface area contributed by atoms with Gasteiger partial charge >= 0.3 is 6.09 Å². The van der Waals surface area contributed by atoms with Crippen molar-refractivity contribution in [3.05, 3.63) is 65.7 Å². The molecule has 0 saturated carbocycles. The number of amides is 7. The van der Waals surface area contributed by atoms with E-state index in [9.17, 15) is 38.7 Å². The minimum Gasteiger partial charge on any atom is -0.445 e. The number of likely N-dealkylation sites (N-methyl/N-ethyl adjacent to an activating group) is 2. The number of benzene rings is 2. The molecule has 1 unspecified atom stereocenters. The molecule has 1 saturated heterocycles. The van der Waals surface area contributed by atoms with Gasteiger partial charge in [-0.2, -0.15) is 0 Å². The minimum atomic E-state index is -1.02. The fourth-order valence-electron chi connectivity index (χ4n) is 9.55. The lowest BCUT2D eigenvalue weighted by Crippen LogP contribution is -2.60. The largest absolute Gasteiger partial charge is 0.445 e. The summed E-state index contributed by atoms with van der Waals surface area (Å²) in [6.07, 6.45) is -1.16. The molecule has 3 rings (SSSR count). The molecule has 19 nitrogen and oxygen atoms in total. The third kappa shape index (κ3) is 16.9. The number of ether oxygens (including phenoxy) is 3. The summed E-state index contributed by atoms with van der Waals surface area (Å²) < 4.78 is 17.6. The molecule has 7 N–H and O–H groups in total. The van der Waals surface area contributed by atoms with E-state index in [-0.39, 0.29) is 54.4 Å². The Labute approximate surface area is 439 Å². The Morgan fingerprint density at radius 1 is 0.757 bits per heavy atom. The summed E-state index contributed by atoms with van der Waals surface area (Å²) in [5, 5.41) is 22.2. The molecule has 1 heterocycles. The van der Waals surface area contributed by atoms with Gasteiger partial charge in [-0.25, -0.2) is 4.79 Å². The summed E-state index contributed by atoms with van der Waals surface area (Å²) in [5.41, 5.74) is 7.65. The highest BCUT2D eigenvalue weighted by Gasteiger charge is 2.44. The van der Waals surface area contributed by atoms with Gasteiger partial charge in [-0.3, -0.25) is 33.7 Å². The van der Waals surface area contributed by atoms with Gasteiger partial charge in [0, 0.05) is 40.5 Å². The van der Waals surface area contributed by atoms with Crippen molar-refractivity contribution >= 4 is 47.2 Å². The molecule has 0 spiro atoms. The van der Waals surface area contributed by atoms with Crippen LogP contribution in [0.1, 0.15) is 119 Å². The maximum atomic E-state index is 14.7. The van der Waals surface area contributed by atoms with Crippen molar-refractivity contribution < 1.29 is 52.9 Å². The first-order chi connectivity index (χ1) is 34.8. The monoisotopic (exact) mass is 1040 g/mol. The van der Waals surface area contributed by atoms with Crippen molar-refractivity contribution in [2.45, 2.75) is 169 Å². The minimum absolute atomic E-state index is 0.0620. The lowest BCUT2D eigenvalue weighted by molar-refractivity contribution is -0.148. The van der Waals surface area contributed by atoms with Crippen LogP contribution in [0.15, 0.2) is 54.6 Å². The lowest BCUT2D eigenvalue weighted by Gasteiger charge is -2.41. The van der Waals surface area contributed by atoms with E-state index in [1.165, 1.54) is 26.2 Å². The van der Waals surface area contributed by atoms with Gasteiger partial charge in [-0.05, 0) is 73.6 Å². The molecule has 0 bridgehead atoms. The van der Waals surface area contributed by atoms with Crippen LogP contribution in [0.5, 0.6) is 0 Å². The molecule has 1 aliphatic rings. The van der Waals surface area contributed by atoms with E-state index in [0.29, 0.717) is 42.6 Å². The molecule has 74 heavy (non-hydrogen) atoms. The second kappa shape index (κ2) is 29.5. The normalized spacial score (nSPS) is 18.2. The molecule has 2 aromatic rings. The van der Waals surface area contributed by atoms with E-state index in [0.717, 1.165) is 0 Å². The van der Waals surface area contributed by atoms with Crippen LogP contribution in [0.3, 0.4) is 0 Å². The lowest BCUT2D eigenvalue weighted by atomic mass is 9.89. The van der Waals surface area contributed by atoms with Crippen LogP contribution in [0.2, 0.25) is 0 Å². The molecule has 7 amide bonds. The van der Waals surface area contributed by atoms with Gasteiger partial charge in [-0.15, -0.1) is 0 Å². The molecule has 2 aromatic carbocycles. The molecule has 0 radical (unpaired) electrons. The van der Waals surface area contributed by atoms with Gasteiger partial charge in [0.2, 0.25) is 35.4 Å². The molecule has 19 heteroatoms. The summed E-state index contributed by atoms with van der Waals surface area (Å²) in [5.74, 6) is -3.98. The first-order valence-electron chi connectivity index (χ1n) is 26.1. The van der Waals surface area contributed by atoms with Gasteiger partial charge in [0.05, 0.1) is 54.8 Å². The summed E-state index contributed by atoms with van der Waals surface area (Å²) in [6, 6.07) is 10.5. The van der Waals surface area contributed by atoms with Crippen molar-refractivity contribution in [2.75, 3.05) is 40.2 Å². The third-order valence-electron chi connectivity index (χ3n) is 14.4. The summed E-state index contributed by atoms with van der Waals surface area (Å²) in [6.45, 7) is 20.2. The summed E-state index contributed by atoms with van der Waals surface area (Å²) in [7, 11) is 6.16. The Bertz CT molecular complexity index is 2140. The predicted octanol–water partition coefficient (Wildman–Crippen LogP) is 5.01. The molecule has 12 atom stereocenters. The molecule has 1 aliphatic heterocycles. The van der Waals surface area contributed by atoms with Crippen LogP contribution in [0.25, 0.3) is 0 Å². The van der Waals surface area contributed by atoms with E-state index in [1.807, 2.05) is 59.7 Å². The van der Waals surface area contributed by atoms with Crippen LogP contribution in [0, 0.1) is 29.6 Å². The zero-order chi connectivity index (χ0) is 55.7. The quantitative estimate of drug-likeness (QED) is 0.0692. The number of nitrogens with two attached hydrogens (primary N) is 1. The number of carbonyl (C=O) groups excluding carboxylic acids is 7. The van der Waals surface area contributed by atoms with Crippen molar-refractivity contribution in [1.29, 1.82) is 0 Å². The second-order valence-corrected chi connectivity index (χ2v) is 21.0. The fourth-order valence-corrected chi connectivity index (χ4v) is 9.55. The van der Waals surface area contributed by atoms with Gasteiger partial charge in [0.15, 0.2) is 0 Å².